The minimum Gasteiger partial charge on any atom is -0.312 e. The van der Waals surface area contributed by atoms with Crippen molar-refractivity contribution in [2.24, 2.45) is 0 Å². The van der Waals surface area contributed by atoms with Gasteiger partial charge in [-0.2, -0.15) is 0 Å². The second-order valence-corrected chi connectivity index (χ2v) is 6.66. The lowest BCUT2D eigenvalue weighted by molar-refractivity contribution is 0.553. The van der Waals surface area contributed by atoms with Crippen LogP contribution in [-0.2, 0) is 6.42 Å². The van der Waals surface area contributed by atoms with Gasteiger partial charge in [0.25, 0.3) is 0 Å². The van der Waals surface area contributed by atoms with Crippen LogP contribution in [0.1, 0.15) is 41.9 Å². The Morgan fingerprint density at radius 2 is 2.15 bits per heavy atom. The Hall–Kier alpha value is -0.850. The van der Waals surface area contributed by atoms with Crippen molar-refractivity contribution in [1.82, 2.24) is 14.9 Å². The maximum Gasteiger partial charge on any atom is 0.127 e. The van der Waals surface area contributed by atoms with E-state index in [0.717, 1.165) is 15.0 Å². The zero-order chi connectivity index (χ0) is 14.7. The highest BCUT2D eigenvalue weighted by Gasteiger charge is 2.21. The molecule has 1 heterocycles. The minimum atomic E-state index is -0.191. The number of rotatable bonds is 5. The number of halogens is 2. The van der Waals surface area contributed by atoms with Crippen LogP contribution in [-0.4, -0.2) is 16.6 Å². The van der Waals surface area contributed by atoms with Crippen LogP contribution in [0, 0.1) is 5.82 Å². The topological polar surface area (TPSA) is 37.8 Å². The van der Waals surface area contributed by atoms with Crippen LogP contribution in [0.15, 0.2) is 22.7 Å². The smallest absolute Gasteiger partial charge is 0.127 e. The molecule has 1 aromatic heterocycles. The lowest BCUT2D eigenvalue weighted by atomic mass is 10.00. The third-order valence-electron chi connectivity index (χ3n) is 3.19. The highest BCUT2D eigenvalue weighted by Crippen LogP contribution is 2.29. The maximum atomic E-state index is 14.0. The molecule has 1 atom stereocenters. The minimum absolute atomic E-state index is 0.0306. The van der Waals surface area contributed by atoms with E-state index in [1.54, 1.807) is 0 Å². The third-order valence-corrected chi connectivity index (χ3v) is 4.54. The molecule has 0 fully saturated rings. The van der Waals surface area contributed by atoms with Gasteiger partial charge in [-0.1, -0.05) is 40.3 Å². The second kappa shape index (κ2) is 6.74. The Balaban J connectivity index is 2.26. The van der Waals surface area contributed by atoms with Gasteiger partial charge in [-0.05, 0) is 48.6 Å². The molecular formula is C14H17BrFN3S. The first-order valence-corrected chi connectivity index (χ1v) is 8.03. The van der Waals surface area contributed by atoms with Gasteiger partial charge in [0, 0.05) is 10.5 Å². The molecule has 0 aliphatic heterocycles. The van der Waals surface area contributed by atoms with E-state index >= 15 is 0 Å². The van der Waals surface area contributed by atoms with Gasteiger partial charge in [0.05, 0.1) is 10.6 Å². The molecule has 0 saturated heterocycles. The van der Waals surface area contributed by atoms with Gasteiger partial charge in [-0.3, -0.25) is 0 Å². The number of hydrogen-bond acceptors (Lipinski definition) is 4. The highest BCUT2D eigenvalue weighted by atomic mass is 79.9. The summed E-state index contributed by atoms with van der Waals surface area (Å²) in [4.78, 5) is 1.09. The first-order valence-electron chi connectivity index (χ1n) is 6.46. The van der Waals surface area contributed by atoms with Crippen LogP contribution in [0.4, 0.5) is 4.39 Å². The number of benzene rings is 1. The third kappa shape index (κ3) is 3.42. The van der Waals surface area contributed by atoms with Crippen molar-refractivity contribution in [2.75, 3.05) is 7.05 Å². The van der Waals surface area contributed by atoms with Gasteiger partial charge in [0.1, 0.15) is 5.82 Å². The second-order valence-electron chi connectivity index (χ2n) is 4.96. The summed E-state index contributed by atoms with van der Waals surface area (Å²) in [6.07, 6.45) is 0.583. The van der Waals surface area contributed by atoms with Crippen molar-refractivity contribution in [1.29, 1.82) is 0 Å². The van der Waals surface area contributed by atoms with E-state index in [0.29, 0.717) is 17.9 Å². The maximum absolute atomic E-state index is 14.0. The van der Waals surface area contributed by atoms with E-state index < -0.39 is 0 Å². The normalized spacial score (nSPS) is 12.9. The van der Waals surface area contributed by atoms with Gasteiger partial charge in [0.15, 0.2) is 0 Å². The van der Waals surface area contributed by atoms with Crippen LogP contribution in [0.2, 0.25) is 0 Å². The van der Waals surface area contributed by atoms with Crippen LogP contribution >= 0.6 is 27.5 Å². The van der Waals surface area contributed by atoms with Gasteiger partial charge in [0.2, 0.25) is 0 Å². The van der Waals surface area contributed by atoms with E-state index in [2.05, 4.69) is 44.7 Å². The molecular weight excluding hydrogens is 341 g/mol. The van der Waals surface area contributed by atoms with Crippen LogP contribution < -0.4 is 5.32 Å². The van der Waals surface area contributed by atoms with E-state index in [1.807, 2.05) is 19.2 Å². The highest BCUT2D eigenvalue weighted by molar-refractivity contribution is 9.10. The Morgan fingerprint density at radius 1 is 1.40 bits per heavy atom. The molecule has 0 bridgehead atoms. The summed E-state index contributed by atoms with van der Waals surface area (Å²) in [5, 5.41) is 7.43. The number of likely N-dealkylation sites (N-methyl/N-ethyl adjacent to an activating group) is 1. The fourth-order valence-electron chi connectivity index (χ4n) is 2.08. The van der Waals surface area contributed by atoms with Crippen molar-refractivity contribution in [2.45, 2.75) is 32.2 Å². The van der Waals surface area contributed by atoms with Crippen molar-refractivity contribution in [3.63, 3.8) is 0 Å². The largest absolute Gasteiger partial charge is 0.312 e. The van der Waals surface area contributed by atoms with Crippen LogP contribution in [0.5, 0.6) is 0 Å². The number of nitrogens with zero attached hydrogens (tertiary/aromatic N) is 2. The molecule has 0 amide bonds. The molecule has 1 unspecified atom stereocenters. The van der Waals surface area contributed by atoms with Crippen LogP contribution in [0.3, 0.4) is 0 Å². The first-order chi connectivity index (χ1) is 9.52. The summed E-state index contributed by atoms with van der Waals surface area (Å²) in [6, 6.07) is 5.20. The number of aromatic nitrogens is 2. The summed E-state index contributed by atoms with van der Waals surface area (Å²) in [5.41, 5.74) is 1.68. The van der Waals surface area contributed by atoms with Crippen LogP contribution in [0.25, 0.3) is 0 Å². The van der Waals surface area contributed by atoms with Gasteiger partial charge in [-0.15, -0.1) is 5.10 Å². The Morgan fingerprint density at radius 3 is 2.75 bits per heavy atom. The van der Waals surface area contributed by atoms with Gasteiger partial charge < -0.3 is 5.32 Å². The van der Waals surface area contributed by atoms with E-state index in [4.69, 9.17) is 0 Å². The monoisotopic (exact) mass is 357 g/mol. The Labute approximate surface area is 130 Å². The molecule has 1 N–H and O–H groups in total. The summed E-state index contributed by atoms with van der Waals surface area (Å²) < 4.78 is 18.8. The lowest BCUT2D eigenvalue weighted by Gasteiger charge is -2.17. The lowest BCUT2D eigenvalue weighted by Crippen LogP contribution is -2.20. The summed E-state index contributed by atoms with van der Waals surface area (Å²) in [7, 11) is 1.88. The molecule has 0 saturated carbocycles. The van der Waals surface area contributed by atoms with Gasteiger partial charge in [-0.25, -0.2) is 4.39 Å². The molecule has 0 aliphatic rings. The van der Waals surface area contributed by atoms with Crippen molar-refractivity contribution >= 4 is 27.5 Å². The Bertz CT molecular complexity index is 586. The molecule has 0 spiro atoms. The molecule has 3 nitrogen and oxygen atoms in total. The molecule has 6 heteroatoms. The van der Waals surface area contributed by atoms with Crippen molar-refractivity contribution in [3.8, 4) is 0 Å². The fourth-order valence-corrected chi connectivity index (χ4v) is 3.33. The average molecular weight is 358 g/mol. The Kier molecular flexibility index (Phi) is 5.23. The molecule has 2 rings (SSSR count). The molecule has 20 heavy (non-hydrogen) atoms. The van der Waals surface area contributed by atoms with Crippen molar-refractivity contribution < 1.29 is 4.39 Å². The van der Waals surface area contributed by atoms with E-state index in [-0.39, 0.29) is 11.9 Å². The summed E-state index contributed by atoms with van der Waals surface area (Å²) in [6.45, 7) is 4.18. The van der Waals surface area contributed by atoms with Gasteiger partial charge >= 0.3 is 0 Å². The van der Waals surface area contributed by atoms with E-state index in [9.17, 15) is 4.39 Å². The SMILES string of the molecule is CNC(Cc1ccc(Br)cc1F)c1snnc1C(C)C. The number of nitrogens with one attached hydrogen (secondary N) is 1. The molecule has 0 aliphatic carbocycles. The molecule has 0 radical (unpaired) electrons. The first kappa shape index (κ1) is 15.5. The summed E-state index contributed by atoms with van der Waals surface area (Å²) in [5.74, 6) is 0.123. The zero-order valence-corrected chi connectivity index (χ0v) is 14.1. The molecule has 2 aromatic rings. The predicted octanol–water partition coefficient (Wildman–Crippen LogP) is 4.07. The fraction of sp³-hybridized carbons (Fsp3) is 0.429. The molecule has 108 valence electrons. The zero-order valence-electron chi connectivity index (χ0n) is 11.7. The summed E-state index contributed by atoms with van der Waals surface area (Å²) >= 11 is 4.66. The number of hydrogen-bond donors (Lipinski definition) is 1. The quantitative estimate of drug-likeness (QED) is 0.876. The average Bonchev–Trinajstić information content (AvgIpc) is 2.87. The standard InChI is InChI=1S/C14H17BrFN3S/c1-8(2)13-14(20-19-18-13)12(17-3)6-9-4-5-10(15)7-11(9)16/h4-5,7-8,12,17H,6H2,1-3H3. The van der Waals surface area contributed by atoms with E-state index in [1.165, 1.54) is 17.6 Å². The van der Waals surface area contributed by atoms with Crippen molar-refractivity contribution in [3.05, 3.63) is 44.6 Å². The molecule has 1 aromatic carbocycles. The predicted molar refractivity (Wildman–Crippen MR) is 83.6 cm³/mol.